The van der Waals surface area contributed by atoms with Crippen molar-refractivity contribution in [2.45, 2.75) is 0 Å². The normalized spacial score (nSPS) is 14.7. The fraction of sp³-hybridized carbons (Fsp3) is 0.167. The average Bonchev–Trinajstić information content (AvgIpc) is 2.33. The first-order valence-corrected chi connectivity index (χ1v) is 3.56. The van der Waals surface area contributed by atoms with Crippen molar-refractivity contribution < 1.29 is 4.74 Å². The highest BCUT2D eigenvalue weighted by Gasteiger charge is 1.92. The minimum absolute atomic E-state index is 0.690. The minimum Gasteiger partial charge on any atom is -0.495 e. The van der Waals surface area contributed by atoms with Crippen LogP contribution in [0.15, 0.2) is 5.51 Å². The lowest BCUT2D eigenvalue weighted by Crippen LogP contribution is -2.24. The van der Waals surface area contributed by atoms with Gasteiger partial charge in [0.1, 0.15) is 18.2 Å². The van der Waals surface area contributed by atoms with E-state index in [1.54, 1.807) is 17.6 Å². The first-order chi connectivity index (χ1) is 4.47. The Morgan fingerprint density at radius 2 is 2.67 bits per heavy atom. The highest BCUT2D eigenvalue weighted by Crippen LogP contribution is 1.84. The van der Waals surface area contributed by atoms with Gasteiger partial charge in [-0.2, -0.15) is 0 Å². The van der Waals surface area contributed by atoms with Crippen molar-refractivity contribution in [1.82, 2.24) is 4.98 Å². The zero-order chi connectivity index (χ0) is 6.10. The third-order valence-corrected chi connectivity index (χ3v) is 2.02. The second kappa shape index (κ2) is 1.84. The van der Waals surface area contributed by atoms with Gasteiger partial charge in [0.2, 0.25) is 0 Å². The number of fused-ring (bicyclic) bond motifs is 1. The Morgan fingerprint density at radius 3 is 3.56 bits per heavy atom. The van der Waals surface area contributed by atoms with E-state index in [-0.39, 0.29) is 0 Å². The lowest BCUT2D eigenvalue weighted by molar-refractivity contribution is 0.345. The van der Waals surface area contributed by atoms with E-state index in [4.69, 9.17) is 4.74 Å². The highest BCUT2D eigenvalue weighted by atomic mass is 32.1. The second-order valence-electron chi connectivity index (χ2n) is 1.76. The van der Waals surface area contributed by atoms with E-state index in [1.165, 1.54) is 4.53 Å². The van der Waals surface area contributed by atoms with Crippen molar-refractivity contribution in [1.29, 1.82) is 0 Å². The molecule has 0 amide bonds. The number of rotatable bonds is 0. The van der Waals surface area contributed by atoms with E-state index in [2.05, 4.69) is 4.98 Å². The summed E-state index contributed by atoms with van der Waals surface area (Å²) >= 11 is 1.65. The predicted octanol–water partition coefficient (Wildman–Crippen LogP) is -0.308. The molecule has 3 heteroatoms. The molecule has 1 aliphatic heterocycles. The van der Waals surface area contributed by atoms with Gasteiger partial charge in [0.15, 0.2) is 0 Å². The van der Waals surface area contributed by atoms with Gasteiger partial charge in [0.05, 0.1) is 10.0 Å². The van der Waals surface area contributed by atoms with Gasteiger partial charge in [-0.25, -0.2) is 4.98 Å². The van der Waals surface area contributed by atoms with Crippen LogP contribution in [0.2, 0.25) is 0 Å². The number of aromatic nitrogens is 1. The molecule has 2 heterocycles. The van der Waals surface area contributed by atoms with Crippen molar-refractivity contribution in [3.05, 3.63) is 15.4 Å². The van der Waals surface area contributed by atoms with Gasteiger partial charge in [-0.3, -0.25) is 0 Å². The van der Waals surface area contributed by atoms with E-state index in [9.17, 15) is 0 Å². The fourth-order valence-electron chi connectivity index (χ4n) is 0.756. The molecule has 0 aromatic carbocycles. The van der Waals surface area contributed by atoms with E-state index in [0.717, 1.165) is 5.35 Å². The lowest BCUT2D eigenvalue weighted by Gasteiger charge is -1.95. The van der Waals surface area contributed by atoms with Crippen LogP contribution in [0.25, 0.3) is 12.3 Å². The summed E-state index contributed by atoms with van der Waals surface area (Å²) in [6.07, 6.45) is 3.73. The van der Waals surface area contributed by atoms with Crippen molar-refractivity contribution in [3.63, 3.8) is 0 Å². The van der Waals surface area contributed by atoms with Crippen LogP contribution in [0.5, 0.6) is 0 Å². The topological polar surface area (TPSA) is 22.1 Å². The molecule has 0 unspecified atom stereocenters. The number of ether oxygens (including phenoxy) is 1. The lowest BCUT2D eigenvalue weighted by atomic mass is 10.5. The summed E-state index contributed by atoms with van der Waals surface area (Å²) in [5.74, 6) is 0. The third-order valence-electron chi connectivity index (χ3n) is 1.18. The number of hydrogen-bond donors (Lipinski definition) is 0. The summed E-state index contributed by atoms with van der Waals surface area (Å²) in [6, 6.07) is 0. The molecular weight excluding hydrogens is 134 g/mol. The molecule has 1 aromatic heterocycles. The van der Waals surface area contributed by atoms with Gasteiger partial charge in [0, 0.05) is 0 Å². The largest absolute Gasteiger partial charge is 0.495 e. The number of nitrogens with zero attached hydrogens (tertiary/aromatic N) is 1. The van der Waals surface area contributed by atoms with Crippen LogP contribution >= 0.6 is 11.3 Å². The maximum Gasteiger partial charge on any atom is 0.115 e. The van der Waals surface area contributed by atoms with Crippen LogP contribution in [0.4, 0.5) is 0 Å². The van der Waals surface area contributed by atoms with E-state index in [1.807, 2.05) is 11.6 Å². The van der Waals surface area contributed by atoms with Crippen LogP contribution in [0, 0.1) is 0 Å². The molecule has 0 atom stereocenters. The molecule has 0 radical (unpaired) electrons. The molecule has 1 aliphatic rings. The van der Waals surface area contributed by atoms with E-state index >= 15 is 0 Å². The van der Waals surface area contributed by atoms with Crippen molar-refractivity contribution in [3.8, 4) is 0 Å². The molecular formula is C6H5NOS. The van der Waals surface area contributed by atoms with Crippen LogP contribution in [0.3, 0.4) is 0 Å². The molecule has 0 fully saturated rings. The van der Waals surface area contributed by atoms with Crippen LogP contribution in [-0.4, -0.2) is 11.6 Å². The Labute approximate surface area is 56.1 Å². The molecule has 0 N–H and O–H groups in total. The monoisotopic (exact) mass is 139 g/mol. The van der Waals surface area contributed by atoms with Gasteiger partial charge >= 0.3 is 0 Å². The Balaban J connectivity index is 2.89. The minimum atomic E-state index is 0.690. The Bertz CT molecular complexity index is 284. The van der Waals surface area contributed by atoms with Gasteiger partial charge < -0.3 is 4.74 Å². The molecule has 2 nitrogen and oxygen atoms in total. The maximum atomic E-state index is 5.02. The molecule has 0 saturated carbocycles. The third kappa shape index (κ3) is 0.733. The Hall–Kier alpha value is -0.830. The SMILES string of the molecule is C1=c2ncsc2=CCO1. The van der Waals surface area contributed by atoms with Crippen LogP contribution in [0.1, 0.15) is 0 Å². The summed E-state index contributed by atoms with van der Waals surface area (Å²) in [7, 11) is 0. The first kappa shape index (κ1) is 4.99. The predicted molar refractivity (Wildman–Crippen MR) is 36.2 cm³/mol. The summed E-state index contributed by atoms with van der Waals surface area (Å²) in [5, 5.41) is 0.964. The van der Waals surface area contributed by atoms with Crippen LogP contribution in [-0.2, 0) is 4.74 Å². The Morgan fingerprint density at radius 1 is 1.67 bits per heavy atom. The zero-order valence-electron chi connectivity index (χ0n) is 4.70. The fourth-order valence-corrected chi connectivity index (χ4v) is 1.42. The van der Waals surface area contributed by atoms with Gasteiger partial charge in [0.25, 0.3) is 0 Å². The van der Waals surface area contributed by atoms with Gasteiger partial charge in [-0.15, -0.1) is 11.3 Å². The van der Waals surface area contributed by atoms with Gasteiger partial charge in [-0.1, -0.05) is 0 Å². The van der Waals surface area contributed by atoms with Gasteiger partial charge in [-0.05, 0) is 6.08 Å². The first-order valence-electron chi connectivity index (χ1n) is 2.68. The molecule has 1 aromatic rings. The smallest absolute Gasteiger partial charge is 0.115 e. The van der Waals surface area contributed by atoms with Crippen molar-refractivity contribution in [2.75, 3.05) is 6.61 Å². The molecule has 0 aliphatic carbocycles. The molecule has 2 rings (SSSR count). The highest BCUT2D eigenvalue weighted by molar-refractivity contribution is 7.07. The summed E-state index contributed by atoms with van der Waals surface area (Å²) in [6.45, 7) is 0.690. The number of hydrogen-bond acceptors (Lipinski definition) is 3. The van der Waals surface area contributed by atoms with Crippen molar-refractivity contribution >= 4 is 23.7 Å². The molecule has 0 spiro atoms. The summed E-state index contributed by atoms with van der Waals surface area (Å²) < 4.78 is 6.24. The summed E-state index contributed by atoms with van der Waals surface area (Å²) in [4.78, 5) is 4.06. The Kier molecular flexibility index (Phi) is 1.02. The number of thiazole rings is 1. The molecule has 0 bridgehead atoms. The standard InChI is InChI=1S/C6H5NOS/c1-2-8-3-5-6(1)9-4-7-5/h1,3-4H,2H2. The zero-order valence-corrected chi connectivity index (χ0v) is 5.52. The molecule has 9 heavy (non-hydrogen) atoms. The summed E-state index contributed by atoms with van der Waals surface area (Å²) in [5.41, 5.74) is 1.83. The quantitative estimate of drug-likeness (QED) is 0.492. The second-order valence-corrected chi connectivity index (χ2v) is 2.64. The molecule has 0 saturated heterocycles. The van der Waals surface area contributed by atoms with Crippen LogP contribution < -0.4 is 9.88 Å². The maximum absolute atomic E-state index is 5.02. The molecule has 46 valence electrons. The average molecular weight is 139 g/mol. The van der Waals surface area contributed by atoms with E-state index < -0.39 is 0 Å². The van der Waals surface area contributed by atoms with E-state index in [0.29, 0.717) is 6.61 Å². The van der Waals surface area contributed by atoms with Crippen molar-refractivity contribution in [2.24, 2.45) is 0 Å².